The van der Waals surface area contributed by atoms with Crippen LogP contribution in [0.1, 0.15) is 106 Å². The van der Waals surface area contributed by atoms with Crippen molar-refractivity contribution in [2.75, 3.05) is 52.9 Å². The SMILES string of the molecule is C=CCOC12Oc3ccc(OCCN4CC4)cc3C3C(CCCCO)C(CCCCO)C=C(C(=NOCc4ccccc4)CC1N(Cc1ccc4c(c1)OCO4)C(=O)CCC1CCCC1)C32. The molecular formula is C54H69N3O9. The van der Waals surface area contributed by atoms with Crippen molar-refractivity contribution >= 4 is 11.6 Å². The average molecular weight is 904 g/mol. The van der Waals surface area contributed by atoms with Gasteiger partial charge in [0.1, 0.15) is 30.8 Å². The van der Waals surface area contributed by atoms with Crippen molar-refractivity contribution in [2.45, 2.75) is 114 Å². The number of amides is 1. The predicted molar refractivity (Wildman–Crippen MR) is 252 cm³/mol. The molecule has 0 spiro atoms. The first-order valence-electron chi connectivity index (χ1n) is 24.8. The number of hydrogen-bond donors (Lipinski definition) is 2. The summed E-state index contributed by atoms with van der Waals surface area (Å²) in [4.78, 5) is 26.1. The number of allylic oxidation sites excluding steroid dienone is 1. The molecule has 6 atom stereocenters. The van der Waals surface area contributed by atoms with Crippen molar-refractivity contribution in [3.05, 3.63) is 108 Å². The van der Waals surface area contributed by atoms with E-state index in [-0.39, 0.29) is 56.9 Å². The molecule has 1 saturated heterocycles. The van der Waals surface area contributed by atoms with Gasteiger partial charge in [0.05, 0.1) is 18.2 Å². The first-order chi connectivity index (χ1) is 32.5. The Balaban J connectivity index is 1.20. The van der Waals surface area contributed by atoms with Crippen LogP contribution in [-0.4, -0.2) is 96.3 Å². The number of nitrogens with zero attached hydrogens (tertiary/aromatic N) is 3. The van der Waals surface area contributed by atoms with Gasteiger partial charge in [0.2, 0.25) is 18.5 Å². The Morgan fingerprint density at radius 3 is 2.48 bits per heavy atom. The molecule has 0 bridgehead atoms. The zero-order valence-electron chi connectivity index (χ0n) is 38.5. The van der Waals surface area contributed by atoms with Crippen molar-refractivity contribution in [2.24, 2.45) is 28.8 Å². The van der Waals surface area contributed by atoms with Gasteiger partial charge in [-0.15, -0.1) is 6.58 Å². The Hall–Kier alpha value is -4.88. The molecule has 3 fully saturated rings. The van der Waals surface area contributed by atoms with Crippen molar-refractivity contribution in [1.82, 2.24) is 9.80 Å². The summed E-state index contributed by atoms with van der Waals surface area (Å²) in [5, 5.41) is 25.1. The van der Waals surface area contributed by atoms with E-state index in [1.54, 1.807) is 6.08 Å². The summed E-state index contributed by atoms with van der Waals surface area (Å²) >= 11 is 0. The number of carbonyl (C=O) groups excluding carboxylic acids is 1. The predicted octanol–water partition coefficient (Wildman–Crippen LogP) is 8.94. The van der Waals surface area contributed by atoms with Crippen molar-refractivity contribution in [3.8, 4) is 23.0 Å². The lowest BCUT2D eigenvalue weighted by Crippen LogP contribution is -2.70. The number of unbranched alkanes of at least 4 members (excludes halogenated alkanes) is 2. The number of carbonyl (C=O) groups is 1. The average Bonchev–Trinajstić information content (AvgIpc) is 3.77. The lowest BCUT2D eigenvalue weighted by molar-refractivity contribution is -0.258. The second-order valence-electron chi connectivity index (χ2n) is 19.1. The Bertz CT molecular complexity index is 2170. The van der Waals surface area contributed by atoms with Crippen LogP contribution in [0.2, 0.25) is 0 Å². The van der Waals surface area contributed by atoms with Crippen LogP contribution in [0.15, 0.2) is 96.2 Å². The molecule has 12 heteroatoms. The van der Waals surface area contributed by atoms with Gasteiger partial charge in [0, 0.05) is 63.7 Å². The molecule has 2 N–H and O–H groups in total. The molecular weight excluding hydrogens is 835 g/mol. The molecule has 66 heavy (non-hydrogen) atoms. The molecule has 2 saturated carbocycles. The first-order valence-corrected chi connectivity index (χ1v) is 24.8. The van der Waals surface area contributed by atoms with Gasteiger partial charge in [-0.1, -0.05) is 92.2 Å². The number of fused-ring (bicyclic) bond motifs is 3. The fraction of sp³-hybridized carbons (Fsp3) is 0.556. The van der Waals surface area contributed by atoms with E-state index in [1.165, 1.54) is 12.8 Å². The van der Waals surface area contributed by atoms with E-state index in [4.69, 9.17) is 33.7 Å². The maximum Gasteiger partial charge on any atom is 0.239 e. The molecule has 0 radical (unpaired) electrons. The van der Waals surface area contributed by atoms with Crippen LogP contribution < -0.4 is 18.9 Å². The molecule has 3 aromatic carbocycles. The van der Waals surface area contributed by atoms with Crippen molar-refractivity contribution < 1.29 is 43.5 Å². The van der Waals surface area contributed by atoms with Crippen LogP contribution in [0.5, 0.6) is 23.0 Å². The molecule has 3 aliphatic heterocycles. The highest BCUT2D eigenvalue weighted by molar-refractivity contribution is 6.03. The minimum Gasteiger partial charge on any atom is -0.492 e. The standard InChI is InChI=1S/C54H69N3O9/c1-2-29-64-54-50(57(51(60)23-19-38-12-6-7-13-38)35-40-18-21-48-49(31-40)63-37-62-48)34-46(55-65-36-39-14-4-3-5-15-39)44-32-41(16-8-10-27-58)43(17-9-11-28-59)52(53(44)54)45-33-42(20-22-47(45)66-54)61-30-26-56-24-25-56/h2-5,14-15,18,20-22,31-33,38,41,43,50,52-53,58-59H,1,6-13,16-17,19,23-30,34-37H2. The van der Waals surface area contributed by atoms with Crippen LogP contribution in [-0.2, 0) is 27.5 Å². The summed E-state index contributed by atoms with van der Waals surface area (Å²) in [5.41, 5.74) is 4.77. The quantitative estimate of drug-likeness (QED) is 0.0389. The van der Waals surface area contributed by atoms with Crippen LogP contribution >= 0.6 is 0 Å². The summed E-state index contributed by atoms with van der Waals surface area (Å²) in [6.07, 6.45) is 15.3. The van der Waals surface area contributed by atoms with E-state index >= 15 is 4.79 Å². The summed E-state index contributed by atoms with van der Waals surface area (Å²) < 4.78 is 32.9. The number of aliphatic hydroxyl groups excluding tert-OH is 2. The summed E-state index contributed by atoms with van der Waals surface area (Å²) in [6.45, 7) is 8.99. The zero-order valence-corrected chi connectivity index (χ0v) is 38.5. The van der Waals surface area contributed by atoms with Crippen molar-refractivity contribution in [3.63, 3.8) is 0 Å². The van der Waals surface area contributed by atoms with Crippen molar-refractivity contribution in [1.29, 1.82) is 0 Å². The fourth-order valence-electron chi connectivity index (χ4n) is 11.5. The fourth-order valence-corrected chi connectivity index (χ4v) is 11.5. The van der Waals surface area contributed by atoms with Crippen LogP contribution in [0.25, 0.3) is 0 Å². The monoisotopic (exact) mass is 904 g/mol. The number of ether oxygens (including phenoxy) is 5. The molecule has 1 amide bonds. The Labute approximate surface area is 390 Å². The summed E-state index contributed by atoms with van der Waals surface area (Å²) in [6, 6.07) is 21.6. The van der Waals surface area contributed by atoms with Gasteiger partial charge in [0.15, 0.2) is 11.5 Å². The third kappa shape index (κ3) is 10.5. The second-order valence-corrected chi connectivity index (χ2v) is 19.1. The van der Waals surface area contributed by atoms with Crippen LogP contribution in [0.4, 0.5) is 0 Å². The number of hydrogen-bond acceptors (Lipinski definition) is 11. The Morgan fingerprint density at radius 1 is 0.909 bits per heavy atom. The Morgan fingerprint density at radius 2 is 1.70 bits per heavy atom. The van der Waals surface area contributed by atoms with Gasteiger partial charge < -0.3 is 43.6 Å². The van der Waals surface area contributed by atoms with Crippen LogP contribution in [0.3, 0.4) is 0 Å². The number of aliphatic hydroxyl groups is 2. The highest BCUT2D eigenvalue weighted by Crippen LogP contribution is 2.62. The van der Waals surface area contributed by atoms with E-state index in [0.717, 1.165) is 98.3 Å². The van der Waals surface area contributed by atoms with E-state index < -0.39 is 17.7 Å². The third-order valence-electron chi connectivity index (χ3n) is 14.8. The third-order valence-corrected chi connectivity index (χ3v) is 14.8. The van der Waals surface area contributed by atoms with Gasteiger partial charge in [0.25, 0.3) is 0 Å². The van der Waals surface area contributed by atoms with E-state index in [0.29, 0.717) is 62.0 Å². The number of rotatable bonds is 24. The Kier molecular flexibility index (Phi) is 15.3. The maximum absolute atomic E-state index is 15.3. The maximum atomic E-state index is 15.3. The highest BCUT2D eigenvalue weighted by atomic mass is 16.7. The lowest BCUT2D eigenvalue weighted by Gasteiger charge is -2.60. The van der Waals surface area contributed by atoms with Gasteiger partial charge in [-0.2, -0.15) is 0 Å². The van der Waals surface area contributed by atoms with E-state index in [9.17, 15) is 10.2 Å². The topological polar surface area (TPSA) is 132 Å². The highest BCUT2D eigenvalue weighted by Gasteiger charge is 2.65. The molecule has 3 aromatic rings. The van der Waals surface area contributed by atoms with Crippen LogP contribution in [0, 0.1) is 23.7 Å². The number of oxime groups is 1. The molecule has 12 nitrogen and oxygen atoms in total. The minimum atomic E-state index is -1.36. The lowest BCUT2D eigenvalue weighted by atomic mass is 9.55. The molecule has 6 aliphatic rings. The zero-order chi connectivity index (χ0) is 45.3. The van der Waals surface area contributed by atoms with Gasteiger partial charge >= 0.3 is 0 Å². The molecule has 6 unspecified atom stereocenters. The molecule has 9 rings (SSSR count). The van der Waals surface area contributed by atoms with E-state index in [1.807, 2.05) is 65.6 Å². The second kappa shape index (κ2) is 21.8. The molecule has 3 aliphatic carbocycles. The summed E-state index contributed by atoms with van der Waals surface area (Å²) in [7, 11) is 0. The van der Waals surface area contributed by atoms with Gasteiger partial charge in [-0.3, -0.25) is 9.69 Å². The van der Waals surface area contributed by atoms with Gasteiger partial charge in [-0.05, 0) is 96.9 Å². The summed E-state index contributed by atoms with van der Waals surface area (Å²) in [5.74, 6) is 1.74. The first kappa shape index (κ1) is 46.2. The smallest absolute Gasteiger partial charge is 0.239 e. The molecule has 0 aromatic heterocycles. The largest absolute Gasteiger partial charge is 0.492 e. The van der Waals surface area contributed by atoms with Gasteiger partial charge in [-0.25, -0.2) is 0 Å². The molecule has 354 valence electrons. The normalized spacial score (nSPS) is 25.7. The number of benzene rings is 3. The van der Waals surface area contributed by atoms with E-state index in [2.05, 4.69) is 23.6 Å². The molecule has 3 heterocycles. The minimum absolute atomic E-state index is 0.0430.